The van der Waals surface area contributed by atoms with E-state index < -0.39 is 11.7 Å². The van der Waals surface area contributed by atoms with Crippen LogP contribution in [-0.4, -0.2) is 10.7 Å². The van der Waals surface area contributed by atoms with Crippen LogP contribution in [0.3, 0.4) is 0 Å². The van der Waals surface area contributed by atoms with Crippen LogP contribution >= 0.6 is 0 Å². The number of benzene rings is 1. The van der Waals surface area contributed by atoms with Gasteiger partial charge in [0.15, 0.2) is 0 Å². The van der Waals surface area contributed by atoms with Crippen LogP contribution in [0.5, 0.6) is 0 Å². The molecule has 0 spiro atoms. The summed E-state index contributed by atoms with van der Waals surface area (Å²) < 4.78 is 7.51. The van der Waals surface area contributed by atoms with Crippen molar-refractivity contribution in [1.29, 1.82) is 0 Å². The van der Waals surface area contributed by atoms with Gasteiger partial charge < -0.3 is 15.0 Å². The lowest BCUT2D eigenvalue weighted by atomic mass is 9.88. The van der Waals surface area contributed by atoms with Crippen molar-refractivity contribution in [3.05, 3.63) is 36.0 Å². The first-order valence-electron chi connectivity index (χ1n) is 5.67. The summed E-state index contributed by atoms with van der Waals surface area (Å²) >= 11 is 0. The Bertz CT molecular complexity index is 602. The predicted octanol–water partition coefficient (Wildman–Crippen LogP) is 2.36. The van der Waals surface area contributed by atoms with Crippen LogP contribution in [0.1, 0.15) is 18.9 Å². The van der Waals surface area contributed by atoms with Crippen LogP contribution in [0.2, 0.25) is 0 Å². The highest BCUT2D eigenvalue weighted by atomic mass is 16.6. The number of aryl methyl sites for hydroxylation is 1. The van der Waals surface area contributed by atoms with Crippen molar-refractivity contribution in [3.8, 4) is 0 Å². The van der Waals surface area contributed by atoms with Gasteiger partial charge >= 0.3 is 6.09 Å². The van der Waals surface area contributed by atoms with E-state index in [2.05, 4.69) is 22.9 Å². The minimum Gasteiger partial charge on any atom is -0.438 e. The number of primary amides is 1. The van der Waals surface area contributed by atoms with Gasteiger partial charge in [-0.2, -0.15) is 0 Å². The van der Waals surface area contributed by atoms with Gasteiger partial charge in [0.2, 0.25) is 0 Å². The third-order valence-corrected chi connectivity index (χ3v) is 3.51. The molecule has 1 aliphatic heterocycles. The van der Waals surface area contributed by atoms with Gasteiger partial charge in [0.25, 0.3) is 0 Å². The van der Waals surface area contributed by atoms with Gasteiger partial charge in [-0.25, -0.2) is 4.79 Å². The first-order valence-corrected chi connectivity index (χ1v) is 5.67. The zero-order valence-corrected chi connectivity index (χ0v) is 9.64. The molecular formula is C13H14N2O2. The molecule has 3 rings (SSSR count). The van der Waals surface area contributed by atoms with Gasteiger partial charge in [-0.15, -0.1) is 0 Å². The lowest BCUT2D eigenvalue weighted by molar-refractivity contribution is 0.0154. The van der Waals surface area contributed by atoms with E-state index in [1.165, 1.54) is 5.39 Å². The second-order valence-corrected chi connectivity index (χ2v) is 4.65. The van der Waals surface area contributed by atoms with Crippen molar-refractivity contribution in [2.75, 3.05) is 0 Å². The first-order chi connectivity index (χ1) is 8.10. The van der Waals surface area contributed by atoms with Crippen molar-refractivity contribution in [1.82, 2.24) is 4.57 Å². The molecule has 1 unspecified atom stereocenters. The fourth-order valence-electron chi connectivity index (χ4n) is 2.67. The molecule has 1 aliphatic rings. The van der Waals surface area contributed by atoms with Crippen LogP contribution in [0.4, 0.5) is 4.79 Å². The molecule has 1 aromatic carbocycles. The van der Waals surface area contributed by atoms with Crippen LogP contribution < -0.4 is 5.73 Å². The fourth-order valence-corrected chi connectivity index (χ4v) is 2.67. The van der Waals surface area contributed by atoms with E-state index in [0.29, 0.717) is 0 Å². The van der Waals surface area contributed by atoms with Crippen LogP contribution in [-0.2, 0) is 16.9 Å². The summed E-state index contributed by atoms with van der Waals surface area (Å²) in [6, 6.07) is 8.12. The van der Waals surface area contributed by atoms with E-state index in [-0.39, 0.29) is 0 Å². The number of carbonyl (C=O) groups is 1. The number of nitrogens with zero attached hydrogens (tertiary/aromatic N) is 1. The molecule has 17 heavy (non-hydrogen) atoms. The minimum atomic E-state index is -0.718. The van der Waals surface area contributed by atoms with Crippen molar-refractivity contribution >= 4 is 17.0 Å². The number of aromatic nitrogens is 1. The van der Waals surface area contributed by atoms with Gasteiger partial charge in [-0.3, -0.25) is 0 Å². The number of amides is 1. The van der Waals surface area contributed by atoms with Crippen LogP contribution in [0.25, 0.3) is 10.9 Å². The Hall–Kier alpha value is -1.97. The van der Waals surface area contributed by atoms with Crippen LogP contribution in [0, 0.1) is 0 Å². The molecule has 0 radical (unpaired) electrons. The molecule has 2 aromatic rings. The first kappa shape index (κ1) is 10.2. The van der Waals surface area contributed by atoms with E-state index in [1.807, 2.05) is 19.1 Å². The van der Waals surface area contributed by atoms with E-state index in [0.717, 1.165) is 24.0 Å². The Kier molecular flexibility index (Phi) is 1.96. The topological polar surface area (TPSA) is 57.2 Å². The normalized spacial score (nSPS) is 22.6. The average Bonchev–Trinajstić information content (AvgIpc) is 2.68. The van der Waals surface area contributed by atoms with E-state index in [9.17, 15) is 4.79 Å². The van der Waals surface area contributed by atoms with Gasteiger partial charge in [-0.05, 0) is 13.0 Å². The molecular weight excluding hydrogens is 216 g/mol. The molecule has 4 nitrogen and oxygen atoms in total. The fraction of sp³-hybridized carbons (Fsp3) is 0.308. The Morgan fingerprint density at radius 1 is 1.47 bits per heavy atom. The summed E-state index contributed by atoms with van der Waals surface area (Å²) in [7, 11) is 0. The summed E-state index contributed by atoms with van der Waals surface area (Å²) in [6.07, 6.45) is 2.10. The smallest absolute Gasteiger partial charge is 0.405 e. The minimum absolute atomic E-state index is 0.611. The molecule has 0 saturated carbocycles. The maximum atomic E-state index is 11.0. The molecule has 88 valence electrons. The largest absolute Gasteiger partial charge is 0.438 e. The molecule has 2 heterocycles. The number of nitrogens with two attached hydrogens (primary N) is 1. The van der Waals surface area contributed by atoms with Gasteiger partial charge in [0.05, 0.1) is 5.52 Å². The Morgan fingerprint density at radius 2 is 2.29 bits per heavy atom. The average molecular weight is 230 g/mol. The number of hydrogen-bond donors (Lipinski definition) is 1. The summed E-state index contributed by atoms with van der Waals surface area (Å²) in [5.41, 5.74) is 6.73. The molecule has 4 heteroatoms. The van der Waals surface area contributed by atoms with E-state index in [4.69, 9.17) is 10.5 Å². The summed E-state index contributed by atoms with van der Waals surface area (Å²) in [5, 5.41) is 1.17. The second kappa shape index (κ2) is 3.26. The third-order valence-electron chi connectivity index (χ3n) is 3.51. The number of rotatable bonds is 1. The quantitative estimate of drug-likeness (QED) is 0.817. The zero-order chi connectivity index (χ0) is 12.0. The van der Waals surface area contributed by atoms with Gasteiger partial charge in [-0.1, -0.05) is 18.2 Å². The number of ether oxygens (including phenoxy) is 1. The molecule has 0 aliphatic carbocycles. The molecule has 0 bridgehead atoms. The predicted molar refractivity (Wildman–Crippen MR) is 64.6 cm³/mol. The van der Waals surface area contributed by atoms with Gasteiger partial charge in [0, 0.05) is 30.1 Å². The standard InChI is InChI=1S/C13H14N2O2/c1-13(17-12(14)16)6-8-15-7-5-9-3-2-4-10(13)11(9)15/h2-5,7H,6,8H2,1H3,(H2,14,16). The Morgan fingerprint density at radius 3 is 3.06 bits per heavy atom. The van der Waals surface area contributed by atoms with Gasteiger partial charge in [0.1, 0.15) is 5.60 Å². The van der Waals surface area contributed by atoms with Crippen LogP contribution in [0.15, 0.2) is 30.5 Å². The molecule has 1 atom stereocenters. The highest BCUT2D eigenvalue weighted by Crippen LogP contribution is 2.39. The van der Waals surface area contributed by atoms with Crippen molar-refractivity contribution in [3.63, 3.8) is 0 Å². The Labute approximate surface area is 99.0 Å². The lowest BCUT2D eigenvalue weighted by Gasteiger charge is -2.34. The van der Waals surface area contributed by atoms with Crippen molar-refractivity contribution < 1.29 is 9.53 Å². The Balaban J connectivity index is 2.23. The van der Waals surface area contributed by atoms with E-state index >= 15 is 0 Å². The van der Waals surface area contributed by atoms with E-state index in [1.54, 1.807) is 0 Å². The molecule has 1 aromatic heterocycles. The summed E-state index contributed by atoms with van der Waals surface area (Å²) in [6.45, 7) is 2.76. The summed E-state index contributed by atoms with van der Waals surface area (Å²) in [4.78, 5) is 11.0. The highest BCUT2D eigenvalue weighted by molar-refractivity contribution is 5.85. The highest BCUT2D eigenvalue weighted by Gasteiger charge is 2.35. The molecule has 1 amide bonds. The summed E-state index contributed by atoms with van der Waals surface area (Å²) in [5.74, 6) is 0. The maximum Gasteiger partial charge on any atom is 0.405 e. The monoisotopic (exact) mass is 230 g/mol. The SMILES string of the molecule is CC1(OC(N)=O)CCn2ccc3cccc1c32. The maximum absolute atomic E-state index is 11.0. The molecule has 2 N–H and O–H groups in total. The van der Waals surface area contributed by atoms with Crippen molar-refractivity contribution in [2.45, 2.75) is 25.5 Å². The molecule has 0 saturated heterocycles. The second-order valence-electron chi connectivity index (χ2n) is 4.65. The lowest BCUT2D eigenvalue weighted by Crippen LogP contribution is -2.35. The number of para-hydroxylation sites is 1. The number of hydrogen-bond acceptors (Lipinski definition) is 2. The van der Waals surface area contributed by atoms with Crippen molar-refractivity contribution in [2.24, 2.45) is 5.73 Å². The third kappa shape index (κ3) is 1.40. The number of carbonyl (C=O) groups excluding carboxylic acids is 1. The zero-order valence-electron chi connectivity index (χ0n) is 9.64. The molecule has 0 fully saturated rings.